The molecule has 0 saturated heterocycles. The van der Waals surface area contributed by atoms with Crippen LogP contribution >= 0.6 is 11.6 Å². The lowest BCUT2D eigenvalue weighted by atomic mass is 10.3. The summed E-state index contributed by atoms with van der Waals surface area (Å²) in [5.41, 5.74) is 0.884. The van der Waals surface area contributed by atoms with Crippen LogP contribution in [0.1, 0.15) is 31.7 Å². The second kappa shape index (κ2) is 6.77. The van der Waals surface area contributed by atoms with E-state index in [1.54, 1.807) is 7.11 Å². The van der Waals surface area contributed by atoms with Crippen LogP contribution in [0.5, 0.6) is 0 Å². The van der Waals surface area contributed by atoms with E-state index in [1.165, 1.54) is 0 Å². The van der Waals surface area contributed by atoms with E-state index in [0.717, 1.165) is 30.0 Å². The molecule has 1 rings (SSSR count). The predicted molar refractivity (Wildman–Crippen MR) is 70.7 cm³/mol. The normalized spacial score (nSPS) is 12.5. The van der Waals surface area contributed by atoms with Gasteiger partial charge in [-0.05, 0) is 20.3 Å². The standard InChI is InChI=1S/C12H20ClN3O/c1-5-6-10-15-11(13)9(3)12(16-10)14-7-8(2)17-4/h8H,5-7H2,1-4H3,(H,14,15,16). The average molecular weight is 258 g/mol. The molecule has 0 bridgehead atoms. The summed E-state index contributed by atoms with van der Waals surface area (Å²) in [6.45, 7) is 6.71. The van der Waals surface area contributed by atoms with Crippen molar-refractivity contribution in [3.8, 4) is 0 Å². The predicted octanol–water partition coefficient (Wildman–Crippen LogP) is 2.84. The lowest BCUT2D eigenvalue weighted by Crippen LogP contribution is -2.19. The van der Waals surface area contributed by atoms with E-state index in [1.807, 2.05) is 13.8 Å². The summed E-state index contributed by atoms with van der Waals surface area (Å²) in [7, 11) is 1.69. The molecule has 96 valence electrons. The highest BCUT2D eigenvalue weighted by atomic mass is 35.5. The first-order valence-corrected chi connectivity index (χ1v) is 6.26. The van der Waals surface area contributed by atoms with Crippen molar-refractivity contribution in [2.75, 3.05) is 19.0 Å². The summed E-state index contributed by atoms with van der Waals surface area (Å²) in [4.78, 5) is 8.72. The minimum atomic E-state index is 0.137. The third-order valence-electron chi connectivity index (χ3n) is 2.57. The Morgan fingerprint density at radius 3 is 2.71 bits per heavy atom. The number of nitrogens with one attached hydrogen (secondary N) is 1. The summed E-state index contributed by atoms with van der Waals surface area (Å²) >= 11 is 6.08. The number of aryl methyl sites for hydroxylation is 1. The molecule has 4 nitrogen and oxygen atoms in total. The Morgan fingerprint density at radius 2 is 2.12 bits per heavy atom. The number of hydrogen-bond donors (Lipinski definition) is 1. The van der Waals surface area contributed by atoms with Gasteiger partial charge in [-0.2, -0.15) is 0 Å². The van der Waals surface area contributed by atoms with Crippen molar-refractivity contribution in [1.29, 1.82) is 0 Å². The molecule has 0 aliphatic heterocycles. The highest BCUT2D eigenvalue weighted by Crippen LogP contribution is 2.20. The zero-order valence-electron chi connectivity index (χ0n) is 10.9. The molecule has 0 aromatic carbocycles. The van der Waals surface area contributed by atoms with Crippen LogP contribution in [0.4, 0.5) is 5.82 Å². The van der Waals surface area contributed by atoms with Gasteiger partial charge in [-0.15, -0.1) is 0 Å². The van der Waals surface area contributed by atoms with Crippen LogP contribution in [-0.2, 0) is 11.2 Å². The third-order valence-corrected chi connectivity index (χ3v) is 2.93. The smallest absolute Gasteiger partial charge is 0.137 e. The number of nitrogens with zero attached hydrogens (tertiary/aromatic N) is 2. The number of anilines is 1. The van der Waals surface area contributed by atoms with E-state index in [4.69, 9.17) is 16.3 Å². The van der Waals surface area contributed by atoms with Crippen molar-refractivity contribution in [1.82, 2.24) is 9.97 Å². The van der Waals surface area contributed by atoms with E-state index in [9.17, 15) is 0 Å². The third kappa shape index (κ3) is 4.13. The maximum Gasteiger partial charge on any atom is 0.137 e. The summed E-state index contributed by atoms with van der Waals surface area (Å²) in [5.74, 6) is 1.59. The van der Waals surface area contributed by atoms with Crippen LogP contribution in [0.3, 0.4) is 0 Å². The number of methoxy groups -OCH3 is 1. The molecule has 0 radical (unpaired) electrons. The molecule has 17 heavy (non-hydrogen) atoms. The van der Waals surface area contributed by atoms with Gasteiger partial charge in [0.25, 0.3) is 0 Å². The molecule has 0 fully saturated rings. The molecule has 1 N–H and O–H groups in total. The van der Waals surface area contributed by atoms with E-state index in [-0.39, 0.29) is 6.10 Å². The van der Waals surface area contributed by atoms with E-state index in [2.05, 4.69) is 22.2 Å². The SMILES string of the molecule is CCCc1nc(Cl)c(C)c(NCC(C)OC)n1. The number of ether oxygens (including phenoxy) is 1. The summed E-state index contributed by atoms with van der Waals surface area (Å²) in [6.07, 6.45) is 1.99. The fourth-order valence-corrected chi connectivity index (χ4v) is 1.55. The number of hydrogen-bond acceptors (Lipinski definition) is 4. The lowest BCUT2D eigenvalue weighted by molar-refractivity contribution is 0.128. The average Bonchev–Trinajstić information content (AvgIpc) is 2.31. The molecule has 0 amide bonds. The van der Waals surface area contributed by atoms with Crippen LogP contribution in [-0.4, -0.2) is 29.7 Å². The van der Waals surface area contributed by atoms with Crippen molar-refractivity contribution in [2.45, 2.75) is 39.7 Å². The largest absolute Gasteiger partial charge is 0.380 e. The second-order valence-corrected chi connectivity index (χ2v) is 4.44. The van der Waals surface area contributed by atoms with Gasteiger partial charge in [-0.3, -0.25) is 0 Å². The van der Waals surface area contributed by atoms with Crippen LogP contribution in [0.25, 0.3) is 0 Å². The van der Waals surface area contributed by atoms with Gasteiger partial charge in [0.15, 0.2) is 0 Å². The van der Waals surface area contributed by atoms with Gasteiger partial charge in [-0.25, -0.2) is 9.97 Å². The lowest BCUT2D eigenvalue weighted by Gasteiger charge is -2.14. The first-order chi connectivity index (χ1) is 8.08. The fourth-order valence-electron chi connectivity index (χ4n) is 1.36. The first kappa shape index (κ1) is 14.2. The Labute approximate surface area is 108 Å². The van der Waals surface area contributed by atoms with Crippen molar-refractivity contribution in [3.63, 3.8) is 0 Å². The maximum absolute atomic E-state index is 6.08. The maximum atomic E-state index is 6.08. The van der Waals surface area contributed by atoms with Crippen LogP contribution in [0.2, 0.25) is 5.15 Å². The van der Waals surface area contributed by atoms with Gasteiger partial charge in [0.2, 0.25) is 0 Å². The van der Waals surface area contributed by atoms with Crippen molar-refractivity contribution in [2.24, 2.45) is 0 Å². The highest BCUT2D eigenvalue weighted by Gasteiger charge is 2.09. The van der Waals surface area contributed by atoms with Crippen LogP contribution in [0.15, 0.2) is 0 Å². The summed E-state index contributed by atoms with van der Waals surface area (Å²) in [6, 6.07) is 0. The van der Waals surface area contributed by atoms with Crippen molar-refractivity contribution in [3.05, 3.63) is 16.5 Å². The van der Waals surface area contributed by atoms with Crippen molar-refractivity contribution < 1.29 is 4.74 Å². The monoisotopic (exact) mass is 257 g/mol. The molecule has 0 saturated carbocycles. The number of rotatable bonds is 6. The molecule has 1 atom stereocenters. The summed E-state index contributed by atoms with van der Waals surface area (Å²) in [5, 5.41) is 3.77. The molecule has 1 heterocycles. The zero-order chi connectivity index (χ0) is 12.8. The van der Waals surface area contributed by atoms with Crippen LogP contribution < -0.4 is 5.32 Å². The van der Waals surface area contributed by atoms with Gasteiger partial charge in [0, 0.05) is 25.6 Å². The molecule has 1 aromatic heterocycles. The summed E-state index contributed by atoms with van der Waals surface area (Å²) < 4.78 is 5.18. The van der Waals surface area contributed by atoms with Gasteiger partial charge in [0.1, 0.15) is 16.8 Å². The Kier molecular flexibility index (Phi) is 5.65. The zero-order valence-corrected chi connectivity index (χ0v) is 11.6. The Hall–Kier alpha value is -0.870. The van der Waals surface area contributed by atoms with E-state index >= 15 is 0 Å². The van der Waals surface area contributed by atoms with Crippen molar-refractivity contribution >= 4 is 17.4 Å². The molecular formula is C12H20ClN3O. The second-order valence-electron chi connectivity index (χ2n) is 4.08. The molecule has 1 unspecified atom stereocenters. The molecule has 1 aromatic rings. The highest BCUT2D eigenvalue weighted by molar-refractivity contribution is 6.30. The number of aromatic nitrogens is 2. The van der Waals surface area contributed by atoms with Crippen LogP contribution in [0, 0.1) is 6.92 Å². The van der Waals surface area contributed by atoms with Gasteiger partial charge in [0.05, 0.1) is 6.10 Å². The molecule has 5 heteroatoms. The fraction of sp³-hybridized carbons (Fsp3) is 0.667. The first-order valence-electron chi connectivity index (χ1n) is 5.88. The quantitative estimate of drug-likeness (QED) is 0.796. The minimum absolute atomic E-state index is 0.137. The van der Waals surface area contributed by atoms with Gasteiger partial charge < -0.3 is 10.1 Å². The Balaban J connectivity index is 2.82. The van der Waals surface area contributed by atoms with Gasteiger partial charge in [-0.1, -0.05) is 18.5 Å². The van der Waals surface area contributed by atoms with E-state index < -0.39 is 0 Å². The van der Waals surface area contributed by atoms with E-state index in [0.29, 0.717) is 11.7 Å². The number of halogens is 1. The minimum Gasteiger partial charge on any atom is -0.380 e. The van der Waals surface area contributed by atoms with Gasteiger partial charge >= 0.3 is 0 Å². The molecule has 0 aliphatic rings. The Morgan fingerprint density at radius 1 is 1.41 bits per heavy atom. The molecule has 0 spiro atoms. The molecule has 0 aliphatic carbocycles. The molecular weight excluding hydrogens is 238 g/mol. The Bertz CT molecular complexity index is 371. The topological polar surface area (TPSA) is 47.0 Å².